The number of rotatable bonds is 1. The van der Waals surface area contributed by atoms with E-state index < -0.39 is 5.67 Å². The summed E-state index contributed by atoms with van der Waals surface area (Å²) in [5, 5.41) is 4.22. The monoisotopic (exact) mass is 218 g/mol. The summed E-state index contributed by atoms with van der Waals surface area (Å²) >= 11 is 0. The molecular formula is C13H15FN2. The second kappa shape index (κ2) is 3.59. The molecule has 0 atom stereocenters. The number of alkyl halides is 1. The third-order valence-corrected chi connectivity index (χ3v) is 3.47. The molecule has 84 valence electrons. The second-order valence-corrected chi connectivity index (χ2v) is 4.46. The van der Waals surface area contributed by atoms with Gasteiger partial charge in [-0.15, -0.1) is 0 Å². The van der Waals surface area contributed by atoms with Crippen molar-refractivity contribution in [3.8, 4) is 0 Å². The standard InChI is InChI=1S/C13H15FN2/c14-13(5-8-15-9-6-13)11-2-1-3-12-10(11)4-7-16-12/h1-4,7,15-16H,5-6,8-9H2. The molecule has 0 unspecified atom stereocenters. The summed E-state index contributed by atoms with van der Waals surface area (Å²) in [4.78, 5) is 3.13. The number of hydrogen-bond donors (Lipinski definition) is 2. The van der Waals surface area contributed by atoms with Crippen LogP contribution in [0.1, 0.15) is 18.4 Å². The van der Waals surface area contributed by atoms with Gasteiger partial charge in [-0.1, -0.05) is 12.1 Å². The summed E-state index contributed by atoms with van der Waals surface area (Å²) < 4.78 is 14.9. The van der Waals surface area contributed by atoms with Gasteiger partial charge in [0.1, 0.15) is 5.67 Å². The average molecular weight is 218 g/mol. The molecule has 3 heteroatoms. The number of H-pyrrole nitrogens is 1. The summed E-state index contributed by atoms with van der Waals surface area (Å²) in [6.45, 7) is 1.52. The lowest BCUT2D eigenvalue weighted by Gasteiger charge is -2.31. The molecule has 0 spiro atoms. The van der Waals surface area contributed by atoms with Gasteiger partial charge in [-0.2, -0.15) is 0 Å². The number of benzene rings is 1. The van der Waals surface area contributed by atoms with Crippen LogP contribution in [0.2, 0.25) is 0 Å². The van der Waals surface area contributed by atoms with Gasteiger partial charge in [-0.05, 0) is 43.6 Å². The number of fused-ring (bicyclic) bond motifs is 1. The number of hydrogen-bond acceptors (Lipinski definition) is 1. The predicted octanol–water partition coefficient (Wildman–Crippen LogP) is 2.72. The molecular weight excluding hydrogens is 203 g/mol. The normalized spacial score (nSPS) is 20.1. The molecule has 1 aliphatic heterocycles. The molecule has 1 aromatic carbocycles. The zero-order chi connectivity index (χ0) is 11.0. The molecule has 1 saturated heterocycles. The zero-order valence-corrected chi connectivity index (χ0v) is 9.09. The second-order valence-electron chi connectivity index (χ2n) is 4.46. The van der Waals surface area contributed by atoms with Crippen molar-refractivity contribution in [2.45, 2.75) is 18.5 Å². The Bertz CT molecular complexity index is 497. The van der Waals surface area contributed by atoms with E-state index in [0.717, 1.165) is 29.6 Å². The molecule has 3 rings (SSSR count). The van der Waals surface area contributed by atoms with Crippen molar-refractivity contribution in [2.75, 3.05) is 13.1 Å². The number of nitrogens with one attached hydrogen (secondary N) is 2. The van der Waals surface area contributed by atoms with Crippen molar-refractivity contribution in [3.05, 3.63) is 36.0 Å². The molecule has 2 nitrogen and oxygen atoms in total. The molecule has 1 fully saturated rings. The van der Waals surface area contributed by atoms with Crippen molar-refractivity contribution in [1.82, 2.24) is 10.3 Å². The molecule has 1 aliphatic rings. The van der Waals surface area contributed by atoms with E-state index in [1.54, 1.807) is 0 Å². The molecule has 2 N–H and O–H groups in total. The molecule has 0 bridgehead atoms. The van der Waals surface area contributed by atoms with Gasteiger partial charge in [0.05, 0.1) is 0 Å². The average Bonchev–Trinajstić information content (AvgIpc) is 2.77. The third kappa shape index (κ3) is 1.43. The fourth-order valence-electron chi connectivity index (χ4n) is 2.57. The summed E-state index contributed by atoms with van der Waals surface area (Å²) in [5.74, 6) is 0. The van der Waals surface area contributed by atoms with Gasteiger partial charge in [-0.25, -0.2) is 4.39 Å². The van der Waals surface area contributed by atoms with Crippen LogP contribution in [0.15, 0.2) is 30.5 Å². The van der Waals surface area contributed by atoms with Crippen LogP contribution in [0.5, 0.6) is 0 Å². The lowest BCUT2D eigenvalue weighted by atomic mass is 9.85. The van der Waals surface area contributed by atoms with Gasteiger partial charge >= 0.3 is 0 Å². The Morgan fingerprint density at radius 1 is 1.12 bits per heavy atom. The van der Waals surface area contributed by atoms with Gasteiger partial charge in [0.25, 0.3) is 0 Å². The summed E-state index contributed by atoms with van der Waals surface area (Å²) in [5.41, 5.74) is 0.702. The van der Waals surface area contributed by atoms with Gasteiger partial charge < -0.3 is 10.3 Å². The van der Waals surface area contributed by atoms with Crippen LogP contribution in [-0.4, -0.2) is 18.1 Å². The molecule has 0 saturated carbocycles. The minimum Gasteiger partial charge on any atom is -0.361 e. The molecule has 0 aliphatic carbocycles. The summed E-state index contributed by atoms with van der Waals surface area (Å²) in [6, 6.07) is 7.80. The Hall–Kier alpha value is -1.35. The van der Waals surface area contributed by atoms with E-state index in [0.29, 0.717) is 12.8 Å². The van der Waals surface area contributed by atoms with Crippen LogP contribution in [0.25, 0.3) is 10.9 Å². The van der Waals surface area contributed by atoms with Crippen LogP contribution in [0.4, 0.5) is 4.39 Å². The summed E-state index contributed by atoms with van der Waals surface area (Å²) in [6.07, 6.45) is 3.01. The number of piperidine rings is 1. The lowest BCUT2D eigenvalue weighted by Crippen LogP contribution is -2.36. The molecule has 2 heterocycles. The van der Waals surface area contributed by atoms with E-state index in [4.69, 9.17) is 0 Å². The van der Waals surface area contributed by atoms with Gasteiger partial charge in [-0.3, -0.25) is 0 Å². The molecule has 2 aromatic rings. The van der Waals surface area contributed by atoms with Gasteiger partial charge in [0.15, 0.2) is 0 Å². The predicted molar refractivity (Wildman–Crippen MR) is 63.2 cm³/mol. The number of halogens is 1. The van der Waals surface area contributed by atoms with E-state index in [2.05, 4.69) is 10.3 Å². The molecule has 0 radical (unpaired) electrons. The Morgan fingerprint density at radius 2 is 1.94 bits per heavy atom. The van der Waals surface area contributed by atoms with Crippen molar-refractivity contribution >= 4 is 10.9 Å². The first kappa shape index (κ1) is 9.85. The minimum absolute atomic E-state index is 0.567. The minimum atomic E-state index is -1.16. The fraction of sp³-hybridized carbons (Fsp3) is 0.385. The topological polar surface area (TPSA) is 27.8 Å². The van der Waals surface area contributed by atoms with E-state index in [9.17, 15) is 4.39 Å². The van der Waals surface area contributed by atoms with E-state index in [-0.39, 0.29) is 0 Å². The van der Waals surface area contributed by atoms with Crippen LogP contribution in [-0.2, 0) is 5.67 Å². The lowest BCUT2D eigenvalue weighted by molar-refractivity contribution is 0.117. The number of aromatic nitrogens is 1. The largest absolute Gasteiger partial charge is 0.361 e. The highest BCUT2D eigenvalue weighted by Crippen LogP contribution is 2.38. The first-order chi connectivity index (χ1) is 7.80. The van der Waals surface area contributed by atoms with Crippen molar-refractivity contribution in [1.29, 1.82) is 0 Å². The van der Waals surface area contributed by atoms with E-state index >= 15 is 0 Å². The SMILES string of the molecule is FC1(c2cccc3[nH]ccc23)CCNCC1. The van der Waals surface area contributed by atoms with Crippen molar-refractivity contribution in [2.24, 2.45) is 0 Å². The van der Waals surface area contributed by atoms with Crippen LogP contribution >= 0.6 is 0 Å². The molecule has 0 amide bonds. The summed E-state index contributed by atoms with van der Waals surface area (Å²) in [7, 11) is 0. The Kier molecular flexibility index (Phi) is 2.21. The Morgan fingerprint density at radius 3 is 2.75 bits per heavy atom. The maximum Gasteiger partial charge on any atom is 0.139 e. The van der Waals surface area contributed by atoms with Crippen molar-refractivity contribution < 1.29 is 4.39 Å². The van der Waals surface area contributed by atoms with E-state index in [1.807, 2.05) is 30.5 Å². The van der Waals surface area contributed by atoms with Crippen LogP contribution < -0.4 is 5.32 Å². The van der Waals surface area contributed by atoms with Crippen molar-refractivity contribution in [3.63, 3.8) is 0 Å². The van der Waals surface area contributed by atoms with Crippen LogP contribution in [0, 0.1) is 0 Å². The first-order valence-corrected chi connectivity index (χ1v) is 5.76. The highest BCUT2D eigenvalue weighted by Gasteiger charge is 2.34. The zero-order valence-electron chi connectivity index (χ0n) is 9.09. The molecule has 16 heavy (non-hydrogen) atoms. The molecule has 1 aromatic heterocycles. The Labute approximate surface area is 93.9 Å². The fourth-order valence-corrected chi connectivity index (χ4v) is 2.57. The smallest absolute Gasteiger partial charge is 0.139 e. The maximum absolute atomic E-state index is 14.9. The van der Waals surface area contributed by atoms with Gasteiger partial charge in [0, 0.05) is 17.1 Å². The first-order valence-electron chi connectivity index (χ1n) is 5.76. The highest BCUT2D eigenvalue weighted by molar-refractivity contribution is 5.83. The van der Waals surface area contributed by atoms with Crippen LogP contribution in [0.3, 0.4) is 0 Å². The maximum atomic E-state index is 14.9. The number of aromatic amines is 1. The van der Waals surface area contributed by atoms with E-state index in [1.165, 1.54) is 0 Å². The Balaban J connectivity index is 2.13. The third-order valence-electron chi connectivity index (χ3n) is 3.47. The quantitative estimate of drug-likeness (QED) is 0.756. The van der Waals surface area contributed by atoms with Gasteiger partial charge in [0.2, 0.25) is 0 Å². The highest BCUT2D eigenvalue weighted by atomic mass is 19.1.